The Kier molecular flexibility index (Phi) is 2.81. The summed E-state index contributed by atoms with van der Waals surface area (Å²) in [6.07, 6.45) is 0. The van der Waals surface area contributed by atoms with E-state index in [1.54, 1.807) is 13.0 Å². The molecule has 1 heterocycles. The molecule has 1 aliphatic carbocycles. The fourth-order valence-corrected chi connectivity index (χ4v) is 2.75. The van der Waals surface area contributed by atoms with Crippen molar-refractivity contribution < 1.29 is 14.3 Å². The van der Waals surface area contributed by atoms with Crippen LogP contribution in [0, 0.1) is 17.8 Å². The standard InChI is InChI=1S/C14H21NO3/c1-8-10(11(16)17)6-9(18-8)7-15-12-13(2,3)14(12,4)5/h6,12,15H,7H2,1-5H3,(H,16,17). The predicted octanol–water partition coefficient (Wildman–Crippen LogP) is 2.81. The normalized spacial score (nSPS) is 20.9. The maximum absolute atomic E-state index is 10.9. The number of nitrogens with one attached hydrogen (secondary N) is 1. The lowest BCUT2D eigenvalue weighted by Gasteiger charge is -2.03. The van der Waals surface area contributed by atoms with Crippen LogP contribution in [0.1, 0.15) is 49.6 Å². The summed E-state index contributed by atoms with van der Waals surface area (Å²) in [6.45, 7) is 11.2. The van der Waals surface area contributed by atoms with E-state index in [1.165, 1.54) is 0 Å². The third-order valence-corrected chi connectivity index (χ3v) is 4.70. The molecule has 1 aromatic heterocycles. The zero-order valence-corrected chi connectivity index (χ0v) is 11.6. The van der Waals surface area contributed by atoms with Crippen molar-refractivity contribution in [2.75, 3.05) is 0 Å². The largest absolute Gasteiger partial charge is 0.478 e. The van der Waals surface area contributed by atoms with E-state index in [2.05, 4.69) is 33.0 Å². The summed E-state index contributed by atoms with van der Waals surface area (Å²) in [5.41, 5.74) is 0.787. The first-order chi connectivity index (χ1) is 8.18. The Hall–Kier alpha value is -1.29. The quantitative estimate of drug-likeness (QED) is 0.863. The fraction of sp³-hybridized carbons (Fsp3) is 0.643. The minimum atomic E-state index is -0.936. The SMILES string of the molecule is Cc1oc(CNC2C(C)(C)C2(C)C)cc1C(=O)O. The molecule has 0 aromatic carbocycles. The van der Waals surface area contributed by atoms with Crippen LogP contribution in [0.3, 0.4) is 0 Å². The second-order valence-electron chi connectivity index (χ2n) is 6.25. The van der Waals surface area contributed by atoms with Gasteiger partial charge in [0.15, 0.2) is 0 Å². The van der Waals surface area contributed by atoms with Crippen LogP contribution in [-0.4, -0.2) is 17.1 Å². The van der Waals surface area contributed by atoms with Crippen molar-refractivity contribution in [3.05, 3.63) is 23.2 Å². The van der Waals surface area contributed by atoms with Crippen LogP contribution in [0.4, 0.5) is 0 Å². The average Bonchev–Trinajstić information content (AvgIpc) is 2.56. The van der Waals surface area contributed by atoms with Crippen molar-refractivity contribution in [3.63, 3.8) is 0 Å². The molecule has 0 radical (unpaired) electrons. The van der Waals surface area contributed by atoms with Crippen LogP contribution in [0.5, 0.6) is 0 Å². The molecule has 1 fully saturated rings. The van der Waals surface area contributed by atoms with Gasteiger partial charge in [0.2, 0.25) is 0 Å². The highest BCUT2D eigenvalue weighted by atomic mass is 16.4. The van der Waals surface area contributed by atoms with Gasteiger partial charge >= 0.3 is 5.97 Å². The van der Waals surface area contributed by atoms with Crippen molar-refractivity contribution in [1.82, 2.24) is 5.32 Å². The first kappa shape index (κ1) is 13.1. The summed E-state index contributed by atoms with van der Waals surface area (Å²) in [5.74, 6) is 0.214. The molecule has 0 spiro atoms. The van der Waals surface area contributed by atoms with Crippen LogP contribution in [0.2, 0.25) is 0 Å². The number of carboxylic acids is 1. The van der Waals surface area contributed by atoms with E-state index in [0.717, 1.165) is 0 Å². The van der Waals surface area contributed by atoms with Crippen LogP contribution < -0.4 is 5.32 Å². The molecule has 0 unspecified atom stereocenters. The number of carboxylic acid groups (broad SMARTS) is 1. The molecule has 100 valence electrons. The van der Waals surface area contributed by atoms with Crippen LogP contribution >= 0.6 is 0 Å². The van der Waals surface area contributed by atoms with Gasteiger partial charge < -0.3 is 14.8 Å². The minimum Gasteiger partial charge on any atom is -0.478 e. The minimum absolute atomic E-state index is 0.251. The van der Waals surface area contributed by atoms with Crippen LogP contribution in [-0.2, 0) is 6.54 Å². The first-order valence-electron chi connectivity index (χ1n) is 6.24. The van der Waals surface area contributed by atoms with Gasteiger partial charge in [-0.25, -0.2) is 4.79 Å². The maximum atomic E-state index is 10.9. The number of hydrogen-bond acceptors (Lipinski definition) is 3. The van der Waals surface area contributed by atoms with Gasteiger partial charge in [-0.1, -0.05) is 27.7 Å². The van der Waals surface area contributed by atoms with E-state index in [9.17, 15) is 4.79 Å². The van der Waals surface area contributed by atoms with Crippen molar-refractivity contribution in [2.24, 2.45) is 10.8 Å². The van der Waals surface area contributed by atoms with E-state index < -0.39 is 5.97 Å². The molecule has 0 aliphatic heterocycles. The Morgan fingerprint density at radius 1 is 1.39 bits per heavy atom. The summed E-state index contributed by atoms with van der Waals surface area (Å²) in [4.78, 5) is 10.9. The van der Waals surface area contributed by atoms with Gasteiger partial charge in [0.1, 0.15) is 17.1 Å². The highest BCUT2D eigenvalue weighted by Gasteiger charge is 2.64. The Labute approximate surface area is 107 Å². The molecule has 0 atom stereocenters. The highest BCUT2D eigenvalue weighted by molar-refractivity contribution is 5.88. The van der Waals surface area contributed by atoms with Gasteiger partial charge in [-0.15, -0.1) is 0 Å². The molecule has 18 heavy (non-hydrogen) atoms. The van der Waals surface area contributed by atoms with Crippen molar-refractivity contribution >= 4 is 5.97 Å². The number of carbonyl (C=O) groups is 1. The molecule has 4 nitrogen and oxygen atoms in total. The van der Waals surface area contributed by atoms with Crippen molar-refractivity contribution in [2.45, 2.75) is 47.2 Å². The average molecular weight is 251 g/mol. The van der Waals surface area contributed by atoms with Crippen molar-refractivity contribution in [3.8, 4) is 0 Å². The topological polar surface area (TPSA) is 62.5 Å². The summed E-state index contributed by atoms with van der Waals surface area (Å²) in [5, 5.41) is 12.4. The third kappa shape index (κ3) is 1.85. The summed E-state index contributed by atoms with van der Waals surface area (Å²) < 4.78 is 5.45. The van der Waals surface area contributed by atoms with Gasteiger partial charge in [0, 0.05) is 6.04 Å². The molecular weight excluding hydrogens is 230 g/mol. The van der Waals surface area contributed by atoms with E-state index >= 15 is 0 Å². The van der Waals surface area contributed by atoms with Crippen LogP contribution in [0.25, 0.3) is 0 Å². The van der Waals surface area contributed by atoms with E-state index in [1.807, 2.05) is 0 Å². The molecule has 1 saturated carbocycles. The lowest BCUT2D eigenvalue weighted by Crippen LogP contribution is -2.21. The van der Waals surface area contributed by atoms with E-state index in [-0.39, 0.29) is 16.4 Å². The zero-order chi connectivity index (χ0) is 13.7. The highest BCUT2D eigenvalue weighted by Crippen LogP contribution is 2.62. The third-order valence-electron chi connectivity index (χ3n) is 4.70. The van der Waals surface area contributed by atoms with E-state index in [0.29, 0.717) is 24.1 Å². The smallest absolute Gasteiger partial charge is 0.339 e. The van der Waals surface area contributed by atoms with Gasteiger partial charge in [0.05, 0.1) is 6.54 Å². The zero-order valence-electron chi connectivity index (χ0n) is 11.6. The molecular formula is C14H21NO3. The Morgan fingerprint density at radius 3 is 2.33 bits per heavy atom. The monoisotopic (exact) mass is 251 g/mol. The number of aryl methyl sites for hydroxylation is 1. The number of furan rings is 1. The number of hydrogen-bond donors (Lipinski definition) is 2. The van der Waals surface area contributed by atoms with Gasteiger partial charge in [-0.05, 0) is 23.8 Å². The number of aromatic carboxylic acids is 1. The second kappa shape index (κ2) is 3.85. The summed E-state index contributed by atoms with van der Waals surface area (Å²) in [7, 11) is 0. The predicted molar refractivity (Wildman–Crippen MR) is 68.6 cm³/mol. The van der Waals surface area contributed by atoms with Gasteiger partial charge in [-0.2, -0.15) is 0 Å². The molecule has 2 N–H and O–H groups in total. The Bertz CT molecular complexity index is 471. The number of rotatable bonds is 4. The van der Waals surface area contributed by atoms with Crippen LogP contribution in [0.15, 0.2) is 10.5 Å². The first-order valence-corrected chi connectivity index (χ1v) is 6.24. The second-order valence-corrected chi connectivity index (χ2v) is 6.25. The summed E-state index contributed by atoms with van der Waals surface area (Å²) >= 11 is 0. The Morgan fingerprint density at radius 2 is 1.94 bits per heavy atom. The van der Waals surface area contributed by atoms with Crippen molar-refractivity contribution in [1.29, 1.82) is 0 Å². The molecule has 1 aliphatic rings. The van der Waals surface area contributed by atoms with Gasteiger partial charge in [-0.3, -0.25) is 0 Å². The molecule has 0 amide bonds. The lowest BCUT2D eigenvalue weighted by molar-refractivity contribution is 0.0695. The fourth-order valence-electron chi connectivity index (χ4n) is 2.75. The molecule has 0 bridgehead atoms. The van der Waals surface area contributed by atoms with Gasteiger partial charge in [0.25, 0.3) is 0 Å². The van der Waals surface area contributed by atoms with E-state index in [4.69, 9.17) is 9.52 Å². The molecule has 2 rings (SSSR count). The maximum Gasteiger partial charge on any atom is 0.339 e. The lowest BCUT2D eigenvalue weighted by atomic mass is 10.0. The Balaban J connectivity index is 2.01. The molecule has 4 heteroatoms. The molecule has 0 saturated heterocycles. The molecule has 1 aromatic rings. The summed E-state index contributed by atoms with van der Waals surface area (Å²) in [6, 6.07) is 2.04.